The molecule has 1 aromatic rings. The van der Waals surface area contributed by atoms with Crippen molar-refractivity contribution >= 4 is 5.71 Å². The highest BCUT2D eigenvalue weighted by molar-refractivity contribution is 5.84. The fourth-order valence-electron chi connectivity index (χ4n) is 1.10. The summed E-state index contributed by atoms with van der Waals surface area (Å²) in [6, 6.07) is 2.22. The molecule has 76 valence electrons. The standard InChI is InChI=1S/C9H11NO4/c1-5(10-14)2-7-8(12)3-6(11)4-9(7)13/h3-4,11-14H,2H2,1H3/b10-5+. The summed E-state index contributed by atoms with van der Waals surface area (Å²) in [6.45, 7) is 1.55. The van der Waals surface area contributed by atoms with E-state index in [1.165, 1.54) is 0 Å². The SMILES string of the molecule is C/C(Cc1c(O)cc(O)cc1O)=N\O. The molecule has 0 bridgehead atoms. The maximum absolute atomic E-state index is 9.36. The normalized spacial score (nSPS) is 11.6. The Balaban J connectivity index is 3.09. The number of phenols is 3. The van der Waals surface area contributed by atoms with Crippen LogP contribution in [0.15, 0.2) is 17.3 Å². The fraction of sp³-hybridized carbons (Fsp3) is 0.222. The summed E-state index contributed by atoms with van der Waals surface area (Å²) < 4.78 is 0. The van der Waals surface area contributed by atoms with Crippen LogP contribution in [0.2, 0.25) is 0 Å². The Hall–Kier alpha value is -1.91. The van der Waals surface area contributed by atoms with Gasteiger partial charge in [0.2, 0.25) is 0 Å². The lowest BCUT2D eigenvalue weighted by atomic mass is 10.1. The number of hydrogen-bond donors (Lipinski definition) is 4. The molecule has 0 aromatic heterocycles. The Kier molecular flexibility index (Phi) is 2.81. The highest BCUT2D eigenvalue weighted by Crippen LogP contribution is 2.32. The summed E-state index contributed by atoms with van der Waals surface area (Å²) in [4.78, 5) is 0. The molecular formula is C9H11NO4. The Labute approximate surface area is 80.6 Å². The van der Waals surface area contributed by atoms with Crippen molar-refractivity contribution < 1.29 is 20.5 Å². The summed E-state index contributed by atoms with van der Waals surface area (Å²) in [6.07, 6.45) is 0.119. The van der Waals surface area contributed by atoms with E-state index in [9.17, 15) is 10.2 Å². The predicted octanol–water partition coefficient (Wildman–Crippen LogP) is 1.20. The minimum Gasteiger partial charge on any atom is -0.508 e. The smallest absolute Gasteiger partial charge is 0.126 e. The van der Waals surface area contributed by atoms with Gasteiger partial charge in [-0.3, -0.25) is 0 Å². The van der Waals surface area contributed by atoms with Crippen LogP contribution >= 0.6 is 0 Å². The highest BCUT2D eigenvalue weighted by atomic mass is 16.4. The van der Waals surface area contributed by atoms with Gasteiger partial charge >= 0.3 is 0 Å². The molecule has 0 saturated carbocycles. The van der Waals surface area contributed by atoms with Gasteiger partial charge in [0, 0.05) is 24.1 Å². The lowest BCUT2D eigenvalue weighted by Gasteiger charge is -2.06. The number of aromatic hydroxyl groups is 3. The van der Waals surface area contributed by atoms with Crippen LogP contribution in [-0.2, 0) is 6.42 Å². The second kappa shape index (κ2) is 3.87. The van der Waals surface area contributed by atoms with Gasteiger partial charge in [0.1, 0.15) is 17.2 Å². The third-order valence-corrected chi connectivity index (χ3v) is 1.79. The minimum atomic E-state index is -0.231. The van der Waals surface area contributed by atoms with Crippen molar-refractivity contribution in [1.29, 1.82) is 0 Å². The zero-order chi connectivity index (χ0) is 10.7. The molecule has 0 aliphatic carbocycles. The first-order valence-electron chi connectivity index (χ1n) is 3.96. The largest absolute Gasteiger partial charge is 0.508 e. The molecular weight excluding hydrogens is 186 g/mol. The molecule has 0 saturated heterocycles. The Morgan fingerprint density at radius 2 is 1.71 bits per heavy atom. The molecule has 0 heterocycles. The number of oxime groups is 1. The van der Waals surface area contributed by atoms with E-state index in [1.54, 1.807) is 6.92 Å². The average Bonchev–Trinajstić information content (AvgIpc) is 2.10. The van der Waals surface area contributed by atoms with Crippen LogP contribution in [-0.4, -0.2) is 26.2 Å². The van der Waals surface area contributed by atoms with Gasteiger partial charge in [-0.15, -0.1) is 0 Å². The highest BCUT2D eigenvalue weighted by Gasteiger charge is 2.10. The van der Waals surface area contributed by atoms with Crippen LogP contribution < -0.4 is 0 Å². The zero-order valence-electron chi connectivity index (χ0n) is 7.60. The van der Waals surface area contributed by atoms with E-state index in [0.29, 0.717) is 5.71 Å². The predicted molar refractivity (Wildman–Crippen MR) is 50.0 cm³/mol. The number of benzene rings is 1. The Morgan fingerprint density at radius 1 is 1.21 bits per heavy atom. The molecule has 0 aliphatic heterocycles. The van der Waals surface area contributed by atoms with Crippen molar-refractivity contribution in [3.63, 3.8) is 0 Å². The van der Waals surface area contributed by atoms with Gasteiger partial charge < -0.3 is 20.5 Å². The molecule has 5 nitrogen and oxygen atoms in total. The van der Waals surface area contributed by atoms with Crippen LogP contribution in [0, 0.1) is 0 Å². The summed E-state index contributed by atoms with van der Waals surface area (Å²) in [5.74, 6) is -0.682. The summed E-state index contributed by atoms with van der Waals surface area (Å²) in [5, 5.41) is 39.1. The van der Waals surface area contributed by atoms with Crippen LogP contribution in [0.4, 0.5) is 0 Å². The van der Waals surface area contributed by atoms with Gasteiger partial charge in [-0.25, -0.2) is 0 Å². The summed E-state index contributed by atoms with van der Waals surface area (Å²) in [7, 11) is 0. The van der Waals surface area contributed by atoms with Crippen molar-refractivity contribution in [3.8, 4) is 17.2 Å². The lowest BCUT2D eigenvalue weighted by Crippen LogP contribution is -1.98. The van der Waals surface area contributed by atoms with E-state index >= 15 is 0 Å². The summed E-state index contributed by atoms with van der Waals surface area (Å²) in [5.41, 5.74) is 0.569. The van der Waals surface area contributed by atoms with Crippen molar-refractivity contribution in [1.82, 2.24) is 0 Å². The van der Waals surface area contributed by atoms with Crippen LogP contribution in [0.5, 0.6) is 17.2 Å². The molecule has 1 rings (SSSR count). The molecule has 0 radical (unpaired) electrons. The molecule has 0 amide bonds. The molecule has 5 heteroatoms. The van der Waals surface area contributed by atoms with E-state index in [2.05, 4.69) is 5.16 Å². The molecule has 4 N–H and O–H groups in total. The molecule has 0 fully saturated rings. The first-order chi connectivity index (χ1) is 6.54. The lowest BCUT2D eigenvalue weighted by molar-refractivity contribution is 0.317. The number of hydrogen-bond acceptors (Lipinski definition) is 5. The monoisotopic (exact) mass is 197 g/mol. The third-order valence-electron chi connectivity index (χ3n) is 1.79. The van der Waals surface area contributed by atoms with Crippen molar-refractivity contribution in [2.45, 2.75) is 13.3 Å². The molecule has 0 aliphatic rings. The molecule has 1 aromatic carbocycles. The van der Waals surface area contributed by atoms with Gasteiger partial charge in [-0.05, 0) is 6.92 Å². The number of phenolic OH excluding ortho intramolecular Hbond substituents is 3. The second-order valence-corrected chi connectivity index (χ2v) is 2.97. The molecule has 0 spiro atoms. The van der Waals surface area contributed by atoms with Gasteiger partial charge in [0.25, 0.3) is 0 Å². The Morgan fingerprint density at radius 3 is 2.14 bits per heavy atom. The van der Waals surface area contributed by atoms with Gasteiger partial charge in [-0.1, -0.05) is 5.16 Å². The van der Waals surface area contributed by atoms with Crippen LogP contribution in [0.1, 0.15) is 12.5 Å². The van der Waals surface area contributed by atoms with Crippen LogP contribution in [0.3, 0.4) is 0 Å². The van der Waals surface area contributed by atoms with E-state index in [4.69, 9.17) is 10.3 Å². The van der Waals surface area contributed by atoms with Crippen molar-refractivity contribution in [2.24, 2.45) is 5.16 Å². The van der Waals surface area contributed by atoms with Gasteiger partial charge in [0.15, 0.2) is 0 Å². The van der Waals surface area contributed by atoms with Gasteiger partial charge in [-0.2, -0.15) is 0 Å². The number of nitrogens with zero attached hydrogens (tertiary/aromatic N) is 1. The quantitative estimate of drug-likeness (QED) is 0.325. The molecule has 14 heavy (non-hydrogen) atoms. The van der Waals surface area contributed by atoms with E-state index in [0.717, 1.165) is 12.1 Å². The van der Waals surface area contributed by atoms with E-state index in [1.807, 2.05) is 0 Å². The van der Waals surface area contributed by atoms with Crippen molar-refractivity contribution in [2.75, 3.05) is 0 Å². The maximum atomic E-state index is 9.36. The minimum absolute atomic E-state index is 0.119. The average molecular weight is 197 g/mol. The molecule has 0 atom stereocenters. The van der Waals surface area contributed by atoms with Crippen molar-refractivity contribution in [3.05, 3.63) is 17.7 Å². The second-order valence-electron chi connectivity index (χ2n) is 2.97. The first kappa shape index (κ1) is 10.2. The third kappa shape index (κ3) is 2.07. The first-order valence-corrected chi connectivity index (χ1v) is 3.96. The van der Waals surface area contributed by atoms with Gasteiger partial charge in [0.05, 0.1) is 5.71 Å². The number of rotatable bonds is 2. The fourth-order valence-corrected chi connectivity index (χ4v) is 1.10. The molecule has 0 unspecified atom stereocenters. The van der Waals surface area contributed by atoms with E-state index < -0.39 is 0 Å². The maximum Gasteiger partial charge on any atom is 0.126 e. The Bertz CT molecular complexity index is 350. The topological polar surface area (TPSA) is 93.3 Å². The van der Waals surface area contributed by atoms with E-state index in [-0.39, 0.29) is 29.2 Å². The summed E-state index contributed by atoms with van der Waals surface area (Å²) >= 11 is 0. The zero-order valence-corrected chi connectivity index (χ0v) is 7.60. The van der Waals surface area contributed by atoms with Crippen LogP contribution in [0.25, 0.3) is 0 Å².